The van der Waals surface area contributed by atoms with Crippen molar-refractivity contribution in [2.45, 2.75) is 26.7 Å². The van der Waals surface area contributed by atoms with Gasteiger partial charge in [-0.15, -0.1) is 0 Å². The summed E-state index contributed by atoms with van der Waals surface area (Å²) < 4.78 is 10.1. The van der Waals surface area contributed by atoms with Crippen molar-refractivity contribution in [1.82, 2.24) is 4.98 Å². The van der Waals surface area contributed by atoms with Gasteiger partial charge < -0.3 is 19.7 Å². The number of anilines is 3. The van der Waals surface area contributed by atoms with E-state index < -0.39 is 11.9 Å². The van der Waals surface area contributed by atoms with E-state index in [-0.39, 0.29) is 6.61 Å². The highest BCUT2D eigenvalue weighted by atomic mass is 16.5. The summed E-state index contributed by atoms with van der Waals surface area (Å²) in [5.74, 6) is -0.182. The Morgan fingerprint density at radius 1 is 1.06 bits per heavy atom. The highest BCUT2D eigenvalue weighted by molar-refractivity contribution is 6.11. The van der Waals surface area contributed by atoms with Crippen LogP contribution in [0.15, 0.2) is 48.7 Å². The fourth-order valence-corrected chi connectivity index (χ4v) is 4.16. The Hall–Kier alpha value is -3.61. The molecule has 2 aromatic carbocycles. The number of methoxy groups -OCH3 is 1. The zero-order valence-electron chi connectivity index (χ0n) is 19.3. The standard InChI is InChI=1S/C26H29N3O4/c1-4-33-26(31)22-16-27-23-20(6-5-7-21(23)25(30)32-3)24(22)28-18-8-10-19(11-9-18)29-14-12-17(2)13-15-29/h5-11,16-17H,4,12-15H2,1-3H3,(H,27,28). The van der Waals surface area contributed by atoms with Crippen molar-refractivity contribution >= 4 is 39.9 Å². The molecule has 7 heteroatoms. The van der Waals surface area contributed by atoms with Crippen LogP contribution in [0.2, 0.25) is 0 Å². The average Bonchev–Trinajstić information content (AvgIpc) is 2.84. The van der Waals surface area contributed by atoms with Gasteiger partial charge >= 0.3 is 11.9 Å². The summed E-state index contributed by atoms with van der Waals surface area (Å²) in [5, 5.41) is 4.00. The number of esters is 2. The monoisotopic (exact) mass is 447 g/mol. The predicted molar refractivity (Wildman–Crippen MR) is 129 cm³/mol. The van der Waals surface area contributed by atoms with Gasteiger partial charge in [-0.05, 0) is 56.0 Å². The number of nitrogens with one attached hydrogen (secondary N) is 1. The highest BCUT2D eigenvalue weighted by Gasteiger charge is 2.21. The molecule has 4 rings (SSSR count). The first-order chi connectivity index (χ1) is 16.0. The van der Waals surface area contributed by atoms with Gasteiger partial charge in [-0.1, -0.05) is 19.1 Å². The molecule has 1 saturated heterocycles. The van der Waals surface area contributed by atoms with Gasteiger partial charge in [0, 0.05) is 36.0 Å². The van der Waals surface area contributed by atoms with E-state index in [1.807, 2.05) is 18.2 Å². The Morgan fingerprint density at radius 2 is 1.79 bits per heavy atom. The molecule has 7 nitrogen and oxygen atoms in total. The molecular formula is C26H29N3O4. The van der Waals surface area contributed by atoms with Crippen LogP contribution in [0, 0.1) is 5.92 Å². The summed E-state index contributed by atoms with van der Waals surface area (Å²) in [5.41, 5.74) is 3.66. The number of ether oxygens (including phenoxy) is 2. The number of aromatic nitrogens is 1. The van der Waals surface area contributed by atoms with Crippen LogP contribution in [-0.4, -0.2) is 43.7 Å². The number of hydrogen-bond donors (Lipinski definition) is 1. The van der Waals surface area contributed by atoms with Crippen molar-refractivity contribution in [1.29, 1.82) is 0 Å². The third kappa shape index (κ3) is 4.77. The van der Waals surface area contributed by atoms with Crippen LogP contribution < -0.4 is 10.2 Å². The third-order valence-electron chi connectivity index (χ3n) is 6.08. The molecule has 2 heterocycles. The van der Waals surface area contributed by atoms with Crippen LogP contribution in [-0.2, 0) is 9.47 Å². The summed E-state index contributed by atoms with van der Waals surface area (Å²) in [6, 6.07) is 13.4. The van der Waals surface area contributed by atoms with Gasteiger partial charge in [-0.3, -0.25) is 4.98 Å². The lowest BCUT2D eigenvalue weighted by Gasteiger charge is -2.32. The number of carbonyl (C=O) groups is 2. The molecule has 0 unspecified atom stereocenters. The van der Waals surface area contributed by atoms with E-state index >= 15 is 0 Å². The number of nitrogens with zero attached hydrogens (tertiary/aromatic N) is 2. The van der Waals surface area contributed by atoms with Gasteiger partial charge in [0.25, 0.3) is 0 Å². The Bertz CT molecular complexity index is 1150. The maximum atomic E-state index is 12.7. The second-order valence-corrected chi connectivity index (χ2v) is 8.30. The van der Waals surface area contributed by atoms with E-state index in [1.54, 1.807) is 19.1 Å². The fourth-order valence-electron chi connectivity index (χ4n) is 4.16. The number of hydrogen-bond acceptors (Lipinski definition) is 7. The van der Waals surface area contributed by atoms with Crippen LogP contribution in [0.3, 0.4) is 0 Å². The minimum Gasteiger partial charge on any atom is -0.465 e. The van der Waals surface area contributed by atoms with Crippen LogP contribution >= 0.6 is 0 Å². The maximum absolute atomic E-state index is 12.7. The Labute approximate surface area is 193 Å². The zero-order chi connectivity index (χ0) is 23.4. The number of pyridine rings is 1. The zero-order valence-corrected chi connectivity index (χ0v) is 19.3. The van der Waals surface area contributed by atoms with Crippen molar-refractivity contribution in [3.8, 4) is 0 Å². The van der Waals surface area contributed by atoms with E-state index in [9.17, 15) is 9.59 Å². The summed E-state index contributed by atoms with van der Waals surface area (Å²) in [4.78, 5) is 31.7. The molecule has 0 radical (unpaired) electrons. The van der Waals surface area contributed by atoms with Crippen LogP contribution in [0.25, 0.3) is 10.9 Å². The van der Waals surface area contributed by atoms with Crippen molar-refractivity contribution in [2.24, 2.45) is 5.92 Å². The smallest absolute Gasteiger partial charge is 0.341 e. The molecule has 33 heavy (non-hydrogen) atoms. The number of benzene rings is 2. The van der Waals surface area contributed by atoms with E-state index in [1.165, 1.54) is 31.8 Å². The number of piperidine rings is 1. The lowest BCUT2D eigenvalue weighted by Crippen LogP contribution is -2.32. The number of carbonyl (C=O) groups excluding carboxylic acids is 2. The molecule has 1 N–H and O–H groups in total. The topological polar surface area (TPSA) is 80.8 Å². The average molecular weight is 448 g/mol. The predicted octanol–water partition coefficient (Wildman–Crippen LogP) is 5.18. The molecule has 172 valence electrons. The number of fused-ring (bicyclic) bond motifs is 1. The van der Waals surface area contributed by atoms with Crippen LogP contribution in [0.4, 0.5) is 17.1 Å². The molecule has 3 aromatic rings. The van der Waals surface area contributed by atoms with Gasteiger partial charge in [0.2, 0.25) is 0 Å². The molecule has 0 aliphatic carbocycles. The normalized spacial score (nSPS) is 14.2. The first-order valence-electron chi connectivity index (χ1n) is 11.3. The molecule has 0 spiro atoms. The van der Waals surface area contributed by atoms with Gasteiger partial charge in [-0.2, -0.15) is 0 Å². The molecule has 0 saturated carbocycles. The summed E-state index contributed by atoms with van der Waals surface area (Å²) in [7, 11) is 1.33. The maximum Gasteiger partial charge on any atom is 0.341 e. The first kappa shape index (κ1) is 22.6. The lowest BCUT2D eigenvalue weighted by molar-refractivity contribution is 0.0526. The quantitative estimate of drug-likeness (QED) is 0.522. The minimum absolute atomic E-state index is 0.252. The molecule has 1 aromatic heterocycles. The van der Waals surface area contributed by atoms with Gasteiger partial charge in [0.15, 0.2) is 0 Å². The first-order valence-corrected chi connectivity index (χ1v) is 11.3. The molecule has 1 aliphatic rings. The second-order valence-electron chi connectivity index (χ2n) is 8.30. The van der Waals surface area contributed by atoms with Gasteiger partial charge in [0.05, 0.1) is 30.5 Å². The van der Waals surface area contributed by atoms with Crippen molar-refractivity contribution in [3.05, 3.63) is 59.8 Å². The summed E-state index contributed by atoms with van der Waals surface area (Å²) in [6.45, 7) is 6.44. The molecule has 0 atom stereocenters. The van der Waals surface area contributed by atoms with E-state index in [0.29, 0.717) is 27.7 Å². The van der Waals surface area contributed by atoms with Crippen molar-refractivity contribution in [3.63, 3.8) is 0 Å². The number of rotatable bonds is 6. The van der Waals surface area contributed by atoms with Crippen LogP contribution in [0.5, 0.6) is 0 Å². The summed E-state index contributed by atoms with van der Waals surface area (Å²) in [6.07, 6.45) is 3.85. The third-order valence-corrected chi connectivity index (χ3v) is 6.08. The van der Waals surface area contributed by atoms with Gasteiger partial charge in [0.1, 0.15) is 5.56 Å². The molecule has 0 bridgehead atoms. The highest BCUT2D eigenvalue weighted by Crippen LogP contribution is 2.32. The molecule has 1 fully saturated rings. The van der Waals surface area contributed by atoms with E-state index in [4.69, 9.17) is 9.47 Å². The molecular weight excluding hydrogens is 418 g/mol. The van der Waals surface area contributed by atoms with E-state index in [2.05, 4.69) is 34.3 Å². The van der Waals surface area contributed by atoms with Crippen molar-refractivity contribution in [2.75, 3.05) is 37.0 Å². The largest absolute Gasteiger partial charge is 0.465 e. The Kier molecular flexibility index (Phi) is 6.77. The summed E-state index contributed by atoms with van der Waals surface area (Å²) >= 11 is 0. The fraction of sp³-hybridized carbons (Fsp3) is 0.346. The van der Waals surface area contributed by atoms with Crippen LogP contribution in [0.1, 0.15) is 47.4 Å². The Balaban J connectivity index is 1.71. The molecule has 0 amide bonds. The number of para-hydroxylation sites is 1. The van der Waals surface area contributed by atoms with E-state index in [0.717, 1.165) is 24.7 Å². The molecule has 1 aliphatic heterocycles. The lowest BCUT2D eigenvalue weighted by atomic mass is 9.99. The second kappa shape index (κ2) is 9.90. The SMILES string of the molecule is CCOC(=O)c1cnc2c(C(=O)OC)cccc2c1Nc1ccc(N2CCC(C)CC2)cc1. The Morgan fingerprint density at radius 3 is 2.45 bits per heavy atom. The van der Waals surface area contributed by atoms with Crippen molar-refractivity contribution < 1.29 is 19.1 Å². The minimum atomic E-state index is -0.483. The van der Waals surface area contributed by atoms with Gasteiger partial charge in [-0.25, -0.2) is 9.59 Å².